The van der Waals surface area contributed by atoms with Crippen LogP contribution in [0.1, 0.15) is 0 Å². The van der Waals surface area contributed by atoms with Crippen LogP contribution < -0.4 is 0 Å². The fourth-order valence-corrected chi connectivity index (χ4v) is 0. The SMILES string of the molecule is O=[C]([Ta])[Ta]. The van der Waals surface area contributed by atoms with Crippen LogP contribution in [0.15, 0.2) is 0 Å². The Kier molecular flexibility index (Phi) is 3.08. The number of carbonyl (C=O) groups is 1. The molecule has 0 aliphatic carbocycles. The van der Waals surface area contributed by atoms with Crippen molar-refractivity contribution < 1.29 is 46.9 Å². The molecule has 0 amide bonds. The van der Waals surface area contributed by atoms with Gasteiger partial charge in [0.25, 0.3) is 0 Å². The quantitative estimate of drug-likeness (QED) is 0.578. The molecule has 0 radical (unpaired) electrons. The molecule has 0 aromatic heterocycles. The average Bonchev–Trinajstić information content (AvgIpc) is 0.811. The zero-order valence-corrected chi connectivity index (χ0v) is 8.23. The van der Waals surface area contributed by atoms with Crippen LogP contribution in [0.2, 0.25) is 0 Å². The van der Waals surface area contributed by atoms with Gasteiger partial charge in [-0.25, -0.2) is 0 Å². The zero-order chi connectivity index (χ0) is 3.58. The third kappa shape index (κ3) is 11.0. The van der Waals surface area contributed by atoms with Gasteiger partial charge < -0.3 is 0 Å². The normalized spacial score (nSPS) is 6.00. The van der Waals surface area contributed by atoms with Gasteiger partial charge in [-0.15, -0.1) is 0 Å². The molecule has 0 atom stereocenters. The molecular formula is COTa2. The molecule has 0 spiro atoms. The van der Waals surface area contributed by atoms with E-state index in [0.29, 0.717) is 2.22 Å². The van der Waals surface area contributed by atoms with Gasteiger partial charge >= 0.3 is 49.1 Å². The maximum absolute atomic E-state index is 9.54. The van der Waals surface area contributed by atoms with Crippen LogP contribution in [0.5, 0.6) is 0 Å². The Morgan fingerprint density at radius 1 is 1.50 bits per heavy atom. The van der Waals surface area contributed by atoms with E-state index in [1.807, 2.05) is 0 Å². The van der Waals surface area contributed by atoms with Crippen molar-refractivity contribution in [2.24, 2.45) is 0 Å². The van der Waals surface area contributed by atoms with Crippen LogP contribution in [0, 0.1) is 0 Å². The second kappa shape index (κ2) is 2.39. The van der Waals surface area contributed by atoms with E-state index >= 15 is 0 Å². The molecule has 0 bridgehead atoms. The van der Waals surface area contributed by atoms with E-state index in [4.69, 9.17) is 0 Å². The Hall–Kier alpha value is 1.15. The Labute approximate surface area is 49.0 Å². The van der Waals surface area contributed by atoms with Gasteiger partial charge in [0.1, 0.15) is 0 Å². The van der Waals surface area contributed by atoms with E-state index < -0.39 is 0 Å². The number of rotatable bonds is 0. The van der Waals surface area contributed by atoms with Gasteiger partial charge in [-0.1, -0.05) is 0 Å². The van der Waals surface area contributed by atoms with Gasteiger partial charge in [0.05, 0.1) is 0 Å². The fourth-order valence-electron chi connectivity index (χ4n) is 0. The molecule has 0 aliphatic heterocycles. The first kappa shape index (κ1) is 5.15. The molecule has 0 aliphatic rings. The molecule has 1 nitrogen and oxygen atoms in total. The Balaban J connectivity index is 2.80. The van der Waals surface area contributed by atoms with Crippen molar-refractivity contribution in [2.45, 2.75) is 0 Å². The second-order valence-corrected chi connectivity index (χ2v) is 8.19. The van der Waals surface area contributed by atoms with Gasteiger partial charge in [-0.05, 0) is 0 Å². The summed E-state index contributed by atoms with van der Waals surface area (Å²) in [7, 11) is 0. The van der Waals surface area contributed by atoms with Crippen molar-refractivity contribution in [3.8, 4) is 0 Å². The molecule has 0 unspecified atom stereocenters. The topological polar surface area (TPSA) is 17.1 Å². The molecule has 4 heavy (non-hydrogen) atoms. The van der Waals surface area contributed by atoms with Crippen LogP contribution in [-0.2, 0) is 42.1 Å². The third-order valence-electron chi connectivity index (χ3n) is 0. The van der Waals surface area contributed by atoms with E-state index in [0.717, 1.165) is 42.1 Å². The molecule has 0 fully saturated rings. The molecule has 0 heterocycles. The van der Waals surface area contributed by atoms with Crippen LogP contribution >= 0.6 is 0 Å². The molecule has 3 heteroatoms. The number of hydrogen-bond donors (Lipinski definition) is 0. The van der Waals surface area contributed by atoms with E-state index in [2.05, 4.69) is 0 Å². The van der Waals surface area contributed by atoms with E-state index in [-0.39, 0.29) is 0 Å². The summed E-state index contributed by atoms with van der Waals surface area (Å²) in [6.07, 6.45) is 0. The minimum absolute atomic E-state index is 0.389. The number of hydrogen-bond acceptors (Lipinski definition) is 1. The van der Waals surface area contributed by atoms with Gasteiger partial charge in [0.15, 0.2) is 0 Å². The summed E-state index contributed by atoms with van der Waals surface area (Å²) in [5, 5.41) is 0. The van der Waals surface area contributed by atoms with E-state index in [1.54, 1.807) is 0 Å². The Morgan fingerprint density at radius 2 is 1.50 bits per heavy atom. The Morgan fingerprint density at radius 3 is 1.50 bits per heavy atom. The molecule has 20 valence electrons. The standard InChI is InChI=1S/CO.2Ta/c1-2;;. The van der Waals surface area contributed by atoms with Gasteiger partial charge in [-0.2, -0.15) is 0 Å². The van der Waals surface area contributed by atoms with Crippen molar-refractivity contribution >= 4 is 2.22 Å². The van der Waals surface area contributed by atoms with Gasteiger partial charge in [0.2, 0.25) is 0 Å². The van der Waals surface area contributed by atoms with E-state index in [1.165, 1.54) is 0 Å². The second-order valence-electron chi connectivity index (χ2n) is 0.283. The summed E-state index contributed by atoms with van der Waals surface area (Å²) in [4.78, 5) is 9.54. The van der Waals surface area contributed by atoms with Crippen molar-refractivity contribution in [2.75, 3.05) is 0 Å². The van der Waals surface area contributed by atoms with Crippen LogP contribution in [0.25, 0.3) is 0 Å². The molecule has 0 aromatic rings. The summed E-state index contributed by atoms with van der Waals surface area (Å²) in [5.74, 6) is 0. The van der Waals surface area contributed by atoms with Gasteiger partial charge in [0, 0.05) is 0 Å². The van der Waals surface area contributed by atoms with Crippen molar-refractivity contribution in [1.82, 2.24) is 0 Å². The van der Waals surface area contributed by atoms with E-state index in [9.17, 15) is 4.79 Å². The van der Waals surface area contributed by atoms with Crippen LogP contribution in [-0.4, -0.2) is 2.22 Å². The minimum atomic E-state index is 0.389. The van der Waals surface area contributed by atoms with Crippen LogP contribution in [0.3, 0.4) is 0 Å². The average molecular weight is 390 g/mol. The molecule has 0 saturated heterocycles. The summed E-state index contributed by atoms with van der Waals surface area (Å²) in [5.41, 5.74) is 0. The molecule has 0 rings (SSSR count). The molecular weight excluding hydrogens is 390 g/mol. The first-order chi connectivity index (χ1) is 1.73. The first-order valence-electron chi connectivity index (χ1n) is 0.651. The fraction of sp³-hybridized carbons (Fsp3) is 0. The number of carbonyl (C=O) groups excluding carboxylic acids is 1. The molecule has 0 aromatic carbocycles. The van der Waals surface area contributed by atoms with Crippen LogP contribution in [0.4, 0.5) is 4.79 Å². The first-order valence-corrected chi connectivity index (χ1v) is 3.86. The van der Waals surface area contributed by atoms with Crippen molar-refractivity contribution in [3.63, 3.8) is 0 Å². The summed E-state index contributed by atoms with van der Waals surface area (Å²) in [6.45, 7) is 0. The predicted octanol–water partition coefficient (Wildman–Crippen LogP) is 0.200. The van der Waals surface area contributed by atoms with Crippen molar-refractivity contribution in [3.05, 3.63) is 0 Å². The summed E-state index contributed by atoms with van der Waals surface area (Å²) >= 11 is 1.85. The van der Waals surface area contributed by atoms with Gasteiger partial charge in [-0.3, -0.25) is 0 Å². The maximum atomic E-state index is 9.54. The Bertz CT molecular complexity index is 29.0. The summed E-state index contributed by atoms with van der Waals surface area (Å²) in [6, 6.07) is 0. The molecule has 0 N–H and O–H groups in total. The molecule has 0 saturated carbocycles. The summed E-state index contributed by atoms with van der Waals surface area (Å²) < 4.78 is 0.389. The monoisotopic (exact) mass is 390 g/mol. The predicted molar refractivity (Wildman–Crippen MR) is 5.40 cm³/mol. The third-order valence-corrected chi connectivity index (χ3v) is 0. The van der Waals surface area contributed by atoms with Crippen molar-refractivity contribution in [1.29, 1.82) is 0 Å². The zero-order valence-electron chi connectivity index (χ0n) is 1.80.